The number of amides is 1. The lowest BCUT2D eigenvalue weighted by Gasteiger charge is -2.38. The van der Waals surface area contributed by atoms with Crippen molar-refractivity contribution in [3.63, 3.8) is 0 Å². The lowest BCUT2D eigenvalue weighted by molar-refractivity contribution is -0.147. The summed E-state index contributed by atoms with van der Waals surface area (Å²) in [7, 11) is 1.63. The molecule has 1 aromatic heterocycles. The molecule has 0 saturated heterocycles. The molecule has 25 heavy (non-hydrogen) atoms. The first-order valence-electron chi connectivity index (χ1n) is 9.04. The average Bonchev–Trinajstić information content (AvgIpc) is 2.57. The lowest BCUT2D eigenvalue weighted by atomic mass is 9.78. The molecule has 2 atom stereocenters. The van der Waals surface area contributed by atoms with E-state index in [1.165, 1.54) is 0 Å². The van der Waals surface area contributed by atoms with Gasteiger partial charge >= 0.3 is 0 Å². The second-order valence-electron chi connectivity index (χ2n) is 6.77. The van der Waals surface area contributed by atoms with Crippen molar-refractivity contribution in [2.75, 3.05) is 32.2 Å². The minimum atomic E-state index is -0.728. The summed E-state index contributed by atoms with van der Waals surface area (Å²) < 4.78 is 16.4. The van der Waals surface area contributed by atoms with Gasteiger partial charge in [-0.3, -0.25) is 4.79 Å². The number of carbonyl (C=O) groups excluding carboxylic acids is 1. The van der Waals surface area contributed by atoms with Crippen LogP contribution in [0.3, 0.4) is 0 Å². The Morgan fingerprint density at radius 2 is 2.24 bits per heavy atom. The topological polar surface area (TPSA) is 69.7 Å². The van der Waals surface area contributed by atoms with Gasteiger partial charge in [0.2, 0.25) is 5.88 Å². The molecule has 0 unspecified atom stereocenters. The number of aromatic nitrogens is 1. The predicted molar refractivity (Wildman–Crippen MR) is 97.0 cm³/mol. The molecule has 0 bridgehead atoms. The van der Waals surface area contributed by atoms with Crippen molar-refractivity contribution in [2.24, 2.45) is 5.92 Å². The van der Waals surface area contributed by atoms with Crippen LogP contribution in [0.25, 0.3) is 0 Å². The number of rotatable bonds is 8. The maximum Gasteiger partial charge on any atom is 0.256 e. The van der Waals surface area contributed by atoms with Gasteiger partial charge in [-0.1, -0.05) is 13.3 Å². The van der Waals surface area contributed by atoms with Crippen LogP contribution in [0.2, 0.25) is 0 Å². The number of anilines is 1. The van der Waals surface area contributed by atoms with E-state index in [4.69, 9.17) is 14.2 Å². The molecular formula is C19H30N2O4. The van der Waals surface area contributed by atoms with Gasteiger partial charge in [-0.2, -0.15) is 0 Å². The van der Waals surface area contributed by atoms with E-state index in [0.29, 0.717) is 37.3 Å². The maximum atomic E-state index is 12.9. The summed E-state index contributed by atoms with van der Waals surface area (Å²) in [6.07, 6.45) is 5.31. The molecule has 6 heteroatoms. The van der Waals surface area contributed by atoms with Gasteiger partial charge in [0.1, 0.15) is 12.2 Å². The van der Waals surface area contributed by atoms with Gasteiger partial charge in [0.25, 0.3) is 5.91 Å². The number of nitrogens with zero attached hydrogens (tertiary/aromatic N) is 1. The summed E-state index contributed by atoms with van der Waals surface area (Å²) in [5.74, 6) is 0.971. The Morgan fingerprint density at radius 1 is 1.44 bits per heavy atom. The Labute approximate surface area is 150 Å². The third-order valence-corrected chi connectivity index (χ3v) is 4.60. The first-order valence-corrected chi connectivity index (χ1v) is 9.04. The zero-order valence-electron chi connectivity index (χ0n) is 15.8. The Bertz CT molecular complexity index is 575. The van der Waals surface area contributed by atoms with Crippen molar-refractivity contribution in [1.29, 1.82) is 0 Å². The number of carbonyl (C=O) groups is 1. The molecule has 1 aliphatic rings. The highest BCUT2D eigenvalue weighted by atomic mass is 16.5. The van der Waals surface area contributed by atoms with Gasteiger partial charge in [-0.25, -0.2) is 4.98 Å². The molecule has 1 saturated carbocycles. The Morgan fingerprint density at radius 3 is 2.88 bits per heavy atom. The lowest BCUT2D eigenvalue weighted by Crippen LogP contribution is -2.48. The zero-order valence-corrected chi connectivity index (χ0v) is 15.8. The standard InChI is InChI=1S/C19H30N2O4/c1-5-25-19(8-6-7-14(2)12-19)18(22)21-16-11-15(3)17(20-13-16)24-10-9-23-4/h11,13-14H,5-10,12H2,1-4H3,(H,21,22)/t14-,19-/m0/s1. The van der Waals surface area contributed by atoms with Crippen LogP contribution in [-0.4, -0.2) is 43.4 Å². The molecule has 140 valence electrons. The van der Waals surface area contributed by atoms with Crippen LogP contribution in [0, 0.1) is 12.8 Å². The van der Waals surface area contributed by atoms with Crippen molar-refractivity contribution in [1.82, 2.24) is 4.98 Å². The van der Waals surface area contributed by atoms with Crippen LogP contribution in [-0.2, 0) is 14.3 Å². The molecule has 1 fully saturated rings. The molecule has 1 N–H and O–H groups in total. The Balaban J connectivity index is 2.06. The summed E-state index contributed by atoms with van der Waals surface area (Å²) in [4.78, 5) is 17.2. The molecule has 1 heterocycles. The summed E-state index contributed by atoms with van der Waals surface area (Å²) in [5, 5.41) is 2.99. The van der Waals surface area contributed by atoms with Crippen LogP contribution >= 0.6 is 0 Å². The fraction of sp³-hybridized carbons (Fsp3) is 0.684. The molecule has 0 spiro atoms. The summed E-state index contributed by atoms with van der Waals surface area (Å²) in [6.45, 7) is 7.51. The van der Waals surface area contributed by atoms with Crippen molar-refractivity contribution >= 4 is 11.6 Å². The van der Waals surface area contributed by atoms with Gasteiger partial charge < -0.3 is 19.5 Å². The molecule has 2 rings (SSSR count). The van der Waals surface area contributed by atoms with Gasteiger partial charge in [0.15, 0.2) is 0 Å². The minimum absolute atomic E-state index is 0.0739. The Kier molecular flexibility index (Phi) is 7.20. The molecule has 0 aromatic carbocycles. The largest absolute Gasteiger partial charge is 0.475 e. The highest BCUT2D eigenvalue weighted by Gasteiger charge is 2.42. The maximum absolute atomic E-state index is 12.9. The van der Waals surface area contributed by atoms with E-state index in [1.54, 1.807) is 13.3 Å². The molecule has 0 aliphatic heterocycles. The predicted octanol–water partition coefficient (Wildman–Crippen LogP) is 3.34. The third kappa shape index (κ3) is 5.16. The van der Waals surface area contributed by atoms with Gasteiger partial charge in [0, 0.05) is 19.3 Å². The van der Waals surface area contributed by atoms with Crippen LogP contribution in [0.4, 0.5) is 5.69 Å². The van der Waals surface area contributed by atoms with Crippen LogP contribution in [0.5, 0.6) is 5.88 Å². The highest BCUT2D eigenvalue weighted by molar-refractivity contribution is 5.97. The number of nitrogens with one attached hydrogen (secondary N) is 1. The van der Waals surface area contributed by atoms with E-state index in [2.05, 4.69) is 17.2 Å². The van der Waals surface area contributed by atoms with E-state index in [0.717, 1.165) is 31.2 Å². The van der Waals surface area contributed by atoms with Crippen molar-refractivity contribution < 1.29 is 19.0 Å². The van der Waals surface area contributed by atoms with Gasteiger partial charge in [0.05, 0.1) is 18.5 Å². The summed E-state index contributed by atoms with van der Waals surface area (Å²) in [5.41, 5.74) is 0.809. The van der Waals surface area contributed by atoms with Crippen molar-refractivity contribution in [2.45, 2.75) is 52.1 Å². The first kappa shape index (κ1) is 19.7. The fourth-order valence-electron chi connectivity index (χ4n) is 3.43. The van der Waals surface area contributed by atoms with E-state index in [-0.39, 0.29) is 5.91 Å². The fourth-order valence-corrected chi connectivity index (χ4v) is 3.43. The SMILES string of the molecule is CCO[C@@]1(C(=O)Nc2cnc(OCCOC)c(C)c2)CCC[C@H](C)C1. The number of ether oxygens (including phenoxy) is 3. The molecular weight excluding hydrogens is 320 g/mol. The number of hydrogen-bond acceptors (Lipinski definition) is 5. The van der Waals surface area contributed by atoms with Gasteiger partial charge in [-0.05, 0) is 45.1 Å². The normalized spacial score (nSPS) is 23.3. The number of pyridine rings is 1. The molecule has 6 nitrogen and oxygen atoms in total. The van der Waals surface area contributed by atoms with Crippen LogP contribution in [0.1, 0.15) is 45.1 Å². The second kappa shape index (κ2) is 9.15. The molecule has 1 aromatic rings. The van der Waals surface area contributed by atoms with E-state index in [1.807, 2.05) is 19.9 Å². The van der Waals surface area contributed by atoms with Crippen LogP contribution < -0.4 is 10.1 Å². The quantitative estimate of drug-likeness (QED) is 0.728. The Hall–Kier alpha value is -1.66. The summed E-state index contributed by atoms with van der Waals surface area (Å²) in [6, 6.07) is 1.87. The number of hydrogen-bond donors (Lipinski definition) is 1. The molecule has 0 radical (unpaired) electrons. The zero-order chi connectivity index (χ0) is 18.3. The smallest absolute Gasteiger partial charge is 0.256 e. The molecule has 1 aliphatic carbocycles. The monoisotopic (exact) mass is 350 g/mol. The second-order valence-corrected chi connectivity index (χ2v) is 6.77. The van der Waals surface area contributed by atoms with E-state index in [9.17, 15) is 4.79 Å². The molecule has 1 amide bonds. The first-order chi connectivity index (χ1) is 12.0. The average molecular weight is 350 g/mol. The summed E-state index contributed by atoms with van der Waals surface area (Å²) >= 11 is 0. The highest BCUT2D eigenvalue weighted by Crippen LogP contribution is 2.36. The third-order valence-electron chi connectivity index (χ3n) is 4.60. The van der Waals surface area contributed by atoms with Gasteiger partial charge in [-0.15, -0.1) is 0 Å². The number of aryl methyl sites for hydroxylation is 1. The van der Waals surface area contributed by atoms with E-state index < -0.39 is 5.60 Å². The van der Waals surface area contributed by atoms with Crippen LogP contribution in [0.15, 0.2) is 12.3 Å². The van der Waals surface area contributed by atoms with E-state index >= 15 is 0 Å². The van der Waals surface area contributed by atoms with Crippen molar-refractivity contribution in [3.05, 3.63) is 17.8 Å². The van der Waals surface area contributed by atoms with Crippen molar-refractivity contribution in [3.8, 4) is 5.88 Å². The number of methoxy groups -OCH3 is 1. The minimum Gasteiger partial charge on any atom is -0.475 e.